The van der Waals surface area contributed by atoms with Crippen LogP contribution in [0.2, 0.25) is 0 Å². The van der Waals surface area contributed by atoms with Crippen LogP contribution in [-0.4, -0.2) is 54.3 Å². The molecular formula is C17H22N2O4. The highest BCUT2D eigenvalue weighted by Gasteiger charge is 2.29. The molecule has 1 heterocycles. The summed E-state index contributed by atoms with van der Waals surface area (Å²) in [6, 6.07) is 7.72. The summed E-state index contributed by atoms with van der Waals surface area (Å²) in [5.74, 6) is 0.297. The van der Waals surface area contributed by atoms with Crippen LogP contribution in [0.1, 0.15) is 24.8 Å². The van der Waals surface area contributed by atoms with Crippen LogP contribution in [0.4, 0.5) is 0 Å². The molecule has 6 heteroatoms. The van der Waals surface area contributed by atoms with Crippen molar-refractivity contribution in [3.63, 3.8) is 0 Å². The summed E-state index contributed by atoms with van der Waals surface area (Å²) in [5, 5.41) is 0. The summed E-state index contributed by atoms with van der Waals surface area (Å²) >= 11 is 0. The van der Waals surface area contributed by atoms with Gasteiger partial charge in [0.2, 0.25) is 17.7 Å². The Morgan fingerprint density at radius 3 is 2.61 bits per heavy atom. The van der Waals surface area contributed by atoms with E-state index in [1.54, 1.807) is 11.9 Å². The fraction of sp³-hybridized carbons (Fsp3) is 0.471. The number of aryl methyl sites for hydroxylation is 1. The Morgan fingerprint density at radius 1 is 1.26 bits per heavy atom. The summed E-state index contributed by atoms with van der Waals surface area (Å²) < 4.78 is 5.61. The second-order valence-corrected chi connectivity index (χ2v) is 5.67. The number of carbonyl (C=O) groups is 3. The van der Waals surface area contributed by atoms with Gasteiger partial charge in [-0.25, -0.2) is 0 Å². The molecule has 1 fully saturated rings. The zero-order valence-electron chi connectivity index (χ0n) is 13.6. The first-order valence-electron chi connectivity index (χ1n) is 7.74. The van der Waals surface area contributed by atoms with Crippen LogP contribution in [0.3, 0.4) is 0 Å². The zero-order valence-corrected chi connectivity index (χ0v) is 13.6. The van der Waals surface area contributed by atoms with Crippen molar-refractivity contribution in [2.24, 2.45) is 0 Å². The maximum absolute atomic E-state index is 12.0. The number of imide groups is 1. The first kappa shape index (κ1) is 17.0. The molecule has 0 unspecified atom stereocenters. The summed E-state index contributed by atoms with van der Waals surface area (Å²) in [4.78, 5) is 37.7. The Morgan fingerprint density at radius 2 is 1.96 bits per heavy atom. The summed E-state index contributed by atoms with van der Waals surface area (Å²) in [7, 11) is 1.69. The van der Waals surface area contributed by atoms with Crippen molar-refractivity contribution in [2.75, 3.05) is 26.7 Å². The lowest BCUT2D eigenvalue weighted by molar-refractivity contribution is -0.139. The zero-order chi connectivity index (χ0) is 16.8. The molecule has 2 rings (SSSR count). The van der Waals surface area contributed by atoms with Crippen LogP contribution in [0.25, 0.3) is 0 Å². The molecule has 0 radical (unpaired) electrons. The molecule has 3 amide bonds. The first-order valence-corrected chi connectivity index (χ1v) is 7.74. The third-order valence-corrected chi connectivity index (χ3v) is 3.81. The molecule has 23 heavy (non-hydrogen) atoms. The van der Waals surface area contributed by atoms with Gasteiger partial charge in [0, 0.05) is 32.9 Å². The molecule has 1 aromatic rings. The van der Waals surface area contributed by atoms with Gasteiger partial charge in [-0.05, 0) is 24.6 Å². The van der Waals surface area contributed by atoms with E-state index >= 15 is 0 Å². The minimum Gasteiger partial charge on any atom is -0.492 e. The van der Waals surface area contributed by atoms with Gasteiger partial charge in [-0.1, -0.05) is 12.1 Å². The van der Waals surface area contributed by atoms with Gasteiger partial charge in [0.25, 0.3) is 0 Å². The van der Waals surface area contributed by atoms with E-state index in [0.717, 1.165) is 11.3 Å². The minimum absolute atomic E-state index is 0.106. The molecule has 0 aromatic heterocycles. The van der Waals surface area contributed by atoms with Crippen LogP contribution >= 0.6 is 0 Å². The standard InChI is InChI=1S/C17H22N2O4/c1-13-4-3-5-14(12-13)23-11-10-18(2)15(20)8-9-19-16(21)6-7-17(19)22/h3-5,12H,6-11H2,1-2H3. The normalized spacial score (nSPS) is 14.3. The molecule has 1 aliphatic rings. The lowest BCUT2D eigenvalue weighted by Gasteiger charge is -2.19. The quantitative estimate of drug-likeness (QED) is 0.712. The Balaban J connectivity index is 1.70. The highest BCUT2D eigenvalue weighted by atomic mass is 16.5. The number of carbonyl (C=O) groups excluding carboxylic acids is 3. The van der Waals surface area contributed by atoms with Gasteiger partial charge < -0.3 is 9.64 Å². The molecule has 6 nitrogen and oxygen atoms in total. The van der Waals surface area contributed by atoms with E-state index in [1.165, 1.54) is 4.90 Å². The van der Waals surface area contributed by atoms with Gasteiger partial charge in [0.15, 0.2) is 0 Å². The maximum atomic E-state index is 12.0. The highest BCUT2D eigenvalue weighted by Crippen LogP contribution is 2.13. The van der Waals surface area contributed by atoms with Gasteiger partial charge >= 0.3 is 0 Å². The Bertz CT molecular complexity index is 584. The van der Waals surface area contributed by atoms with Crippen molar-refractivity contribution in [3.8, 4) is 5.75 Å². The number of amides is 3. The van der Waals surface area contributed by atoms with Crippen LogP contribution < -0.4 is 4.74 Å². The van der Waals surface area contributed by atoms with Crippen LogP contribution in [0.5, 0.6) is 5.75 Å². The van der Waals surface area contributed by atoms with Gasteiger partial charge in [-0.2, -0.15) is 0 Å². The van der Waals surface area contributed by atoms with Crippen molar-refractivity contribution in [2.45, 2.75) is 26.2 Å². The number of likely N-dealkylation sites (N-methyl/N-ethyl adjacent to an activating group) is 1. The van der Waals surface area contributed by atoms with Crippen LogP contribution in [-0.2, 0) is 14.4 Å². The fourth-order valence-corrected chi connectivity index (χ4v) is 2.40. The molecule has 0 atom stereocenters. The second-order valence-electron chi connectivity index (χ2n) is 5.67. The molecular weight excluding hydrogens is 296 g/mol. The van der Waals surface area contributed by atoms with E-state index in [4.69, 9.17) is 4.74 Å². The summed E-state index contributed by atoms with van der Waals surface area (Å²) in [6.45, 7) is 3.00. The minimum atomic E-state index is -0.187. The topological polar surface area (TPSA) is 66.9 Å². The molecule has 1 saturated heterocycles. The van der Waals surface area contributed by atoms with Crippen molar-refractivity contribution in [3.05, 3.63) is 29.8 Å². The van der Waals surface area contributed by atoms with Crippen molar-refractivity contribution in [1.82, 2.24) is 9.80 Å². The molecule has 0 aliphatic carbocycles. The SMILES string of the molecule is Cc1cccc(OCCN(C)C(=O)CCN2C(=O)CCC2=O)c1. The Hall–Kier alpha value is -2.37. The number of hydrogen-bond donors (Lipinski definition) is 0. The monoisotopic (exact) mass is 318 g/mol. The highest BCUT2D eigenvalue weighted by molar-refractivity contribution is 6.02. The molecule has 0 saturated carbocycles. The van der Waals surface area contributed by atoms with Crippen LogP contribution in [0, 0.1) is 6.92 Å². The molecule has 0 bridgehead atoms. The maximum Gasteiger partial charge on any atom is 0.229 e. The number of rotatable bonds is 7. The summed E-state index contributed by atoms with van der Waals surface area (Å²) in [6.07, 6.45) is 0.665. The fourth-order valence-electron chi connectivity index (χ4n) is 2.40. The van der Waals surface area contributed by atoms with Crippen LogP contribution in [0.15, 0.2) is 24.3 Å². The van der Waals surface area contributed by atoms with E-state index in [-0.39, 0.29) is 43.5 Å². The third kappa shape index (κ3) is 4.81. The van der Waals surface area contributed by atoms with Crippen molar-refractivity contribution in [1.29, 1.82) is 0 Å². The molecule has 0 N–H and O–H groups in total. The Labute approximate surface area is 136 Å². The van der Waals surface area contributed by atoms with Gasteiger partial charge in [0.05, 0.1) is 6.54 Å². The third-order valence-electron chi connectivity index (χ3n) is 3.81. The van der Waals surface area contributed by atoms with E-state index in [2.05, 4.69) is 0 Å². The lowest BCUT2D eigenvalue weighted by Crippen LogP contribution is -2.36. The number of likely N-dealkylation sites (tertiary alicyclic amines) is 1. The van der Waals surface area contributed by atoms with Crippen molar-refractivity contribution < 1.29 is 19.1 Å². The number of hydrogen-bond acceptors (Lipinski definition) is 4. The molecule has 1 aromatic carbocycles. The predicted octanol–water partition coefficient (Wildman–Crippen LogP) is 1.37. The van der Waals surface area contributed by atoms with Crippen molar-refractivity contribution >= 4 is 17.7 Å². The molecule has 0 spiro atoms. The second kappa shape index (κ2) is 7.76. The smallest absolute Gasteiger partial charge is 0.229 e. The Kier molecular flexibility index (Phi) is 5.73. The average Bonchev–Trinajstić information content (AvgIpc) is 2.83. The summed E-state index contributed by atoms with van der Waals surface area (Å²) in [5.41, 5.74) is 1.12. The molecule has 1 aliphatic heterocycles. The van der Waals surface area contributed by atoms with E-state index in [9.17, 15) is 14.4 Å². The number of ether oxygens (including phenoxy) is 1. The largest absolute Gasteiger partial charge is 0.492 e. The average molecular weight is 318 g/mol. The van der Waals surface area contributed by atoms with E-state index in [1.807, 2.05) is 31.2 Å². The lowest BCUT2D eigenvalue weighted by atomic mass is 10.2. The van der Waals surface area contributed by atoms with E-state index in [0.29, 0.717) is 13.2 Å². The van der Waals surface area contributed by atoms with Gasteiger partial charge in [0.1, 0.15) is 12.4 Å². The number of nitrogens with zero attached hydrogens (tertiary/aromatic N) is 2. The van der Waals surface area contributed by atoms with Gasteiger partial charge in [-0.3, -0.25) is 19.3 Å². The predicted molar refractivity (Wildman–Crippen MR) is 84.9 cm³/mol. The number of benzene rings is 1. The molecule has 124 valence electrons. The van der Waals surface area contributed by atoms with E-state index < -0.39 is 0 Å². The first-order chi connectivity index (χ1) is 11.0. The van der Waals surface area contributed by atoms with Gasteiger partial charge in [-0.15, -0.1) is 0 Å².